The van der Waals surface area contributed by atoms with Gasteiger partial charge in [0.15, 0.2) is 6.61 Å². The van der Waals surface area contributed by atoms with Gasteiger partial charge in [0.1, 0.15) is 11.5 Å². The number of nitrogens with one attached hydrogen (secondary N) is 1. The molecule has 0 aliphatic carbocycles. The maximum absolute atomic E-state index is 12.1. The van der Waals surface area contributed by atoms with E-state index in [0.717, 1.165) is 6.07 Å². The van der Waals surface area contributed by atoms with E-state index in [1.54, 1.807) is 12.3 Å². The number of carbonyl (C=O) groups excluding carboxylic acids is 1. The molecule has 2 aromatic rings. The number of benzene rings is 1. The molecule has 0 bridgehead atoms. The average Bonchev–Trinajstić information content (AvgIpc) is 3.01. The van der Waals surface area contributed by atoms with E-state index in [1.807, 2.05) is 0 Å². The van der Waals surface area contributed by atoms with Gasteiger partial charge < -0.3 is 14.6 Å². The Morgan fingerprint density at radius 2 is 2.22 bits per heavy atom. The van der Waals surface area contributed by atoms with E-state index in [-0.39, 0.29) is 29.5 Å². The van der Waals surface area contributed by atoms with E-state index >= 15 is 0 Å². The standard InChI is InChI=1S/C16H16F3N3O4S/c1-2-25-14(24)5-11-8-27-15(21-11)22-20-7-10-3-4-12(6-13(10)23)26-9-16(17,18)19/h3-4,6-8,23H,2,5,9H2,1H3,(H,21,22). The van der Waals surface area contributed by atoms with Gasteiger partial charge in [-0.3, -0.25) is 10.2 Å². The number of rotatable bonds is 8. The highest BCUT2D eigenvalue weighted by Crippen LogP contribution is 2.24. The van der Waals surface area contributed by atoms with Crippen LogP contribution in [0.25, 0.3) is 0 Å². The van der Waals surface area contributed by atoms with Crippen LogP contribution in [-0.4, -0.2) is 41.7 Å². The Bertz CT molecular complexity index is 808. The predicted molar refractivity (Wildman–Crippen MR) is 93.3 cm³/mol. The van der Waals surface area contributed by atoms with Gasteiger partial charge in [0, 0.05) is 17.0 Å². The van der Waals surface area contributed by atoms with Crippen LogP contribution >= 0.6 is 11.3 Å². The minimum Gasteiger partial charge on any atom is -0.507 e. The highest BCUT2D eigenvalue weighted by molar-refractivity contribution is 7.13. The number of esters is 1. The Kier molecular flexibility index (Phi) is 6.99. The third-order valence-electron chi connectivity index (χ3n) is 2.95. The zero-order valence-corrected chi connectivity index (χ0v) is 14.9. The fourth-order valence-electron chi connectivity index (χ4n) is 1.84. The van der Waals surface area contributed by atoms with Gasteiger partial charge in [0.25, 0.3) is 0 Å². The molecule has 0 spiro atoms. The Morgan fingerprint density at radius 1 is 1.44 bits per heavy atom. The summed E-state index contributed by atoms with van der Waals surface area (Å²) in [6.07, 6.45) is -3.13. The van der Waals surface area contributed by atoms with Crippen molar-refractivity contribution in [3.05, 3.63) is 34.8 Å². The monoisotopic (exact) mass is 403 g/mol. The van der Waals surface area contributed by atoms with Crippen LogP contribution in [0.4, 0.5) is 18.3 Å². The normalized spacial score (nSPS) is 11.6. The van der Waals surface area contributed by atoms with Crippen molar-refractivity contribution in [3.8, 4) is 11.5 Å². The van der Waals surface area contributed by atoms with Crippen molar-refractivity contribution in [3.63, 3.8) is 0 Å². The summed E-state index contributed by atoms with van der Waals surface area (Å²) in [5.41, 5.74) is 3.44. The largest absolute Gasteiger partial charge is 0.507 e. The first-order chi connectivity index (χ1) is 12.8. The number of phenols is 1. The number of hydrogen-bond donors (Lipinski definition) is 2. The number of aromatic nitrogens is 1. The van der Waals surface area contributed by atoms with E-state index in [9.17, 15) is 23.1 Å². The summed E-state index contributed by atoms with van der Waals surface area (Å²) >= 11 is 1.23. The Hall–Kier alpha value is -2.82. The maximum Gasteiger partial charge on any atom is 0.422 e. The number of anilines is 1. The van der Waals surface area contributed by atoms with Crippen LogP contribution in [0.5, 0.6) is 11.5 Å². The van der Waals surface area contributed by atoms with Gasteiger partial charge in [-0.2, -0.15) is 18.3 Å². The summed E-state index contributed by atoms with van der Waals surface area (Å²) in [4.78, 5) is 15.5. The van der Waals surface area contributed by atoms with Crippen LogP contribution in [0.15, 0.2) is 28.7 Å². The van der Waals surface area contributed by atoms with Crippen LogP contribution in [0.3, 0.4) is 0 Å². The zero-order valence-electron chi connectivity index (χ0n) is 14.1. The number of thiazole rings is 1. The number of phenolic OH excluding ortho intramolecular Hbond substituents is 1. The second-order valence-corrected chi connectivity index (χ2v) is 5.98. The summed E-state index contributed by atoms with van der Waals surface area (Å²) in [5.74, 6) is -0.781. The lowest BCUT2D eigenvalue weighted by Gasteiger charge is -2.09. The van der Waals surface area contributed by atoms with Crippen molar-refractivity contribution >= 4 is 28.7 Å². The van der Waals surface area contributed by atoms with Gasteiger partial charge in [-0.25, -0.2) is 4.98 Å². The molecule has 0 aliphatic rings. The molecule has 2 N–H and O–H groups in total. The number of nitrogens with zero attached hydrogens (tertiary/aromatic N) is 2. The second kappa shape index (κ2) is 9.21. The predicted octanol–water partition coefficient (Wildman–Crippen LogP) is 3.34. The minimum absolute atomic E-state index is 0.0515. The van der Waals surface area contributed by atoms with E-state index in [2.05, 4.69) is 20.2 Å². The first-order valence-electron chi connectivity index (χ1n) is 7.68. The third-order valence-corrected chi connectivity index (χ3v) is 3.75. The number of hydrogen-bond acceptors (Lipinski definition) is 8. The lowest BCUT2D eigenvalue weighted by molar-refractivity contribution is -0.153. The van der Waals surface area contributed by atoms with E-state index in [1.165, 1.54) is 29.7 Å². The van der Waals surface area contributed by atoms with E-state index < -0.39 is 12.8 Å². The molecule has 0 radical (unpaired) electrons. The quantitative estimate of drug-likeness (QED) is 0.399. The molecule has 1 heterocycles. The Balaban J connectivity index is 1.90. The molecule has 146 valence electrons. The highest BCUT2D eigenvalue weighted by atomic mass is 32.1. The van der Waals surface area contributed by atoms with Crippen LogP contribution < -0.4 is 10.2 Å². The molecule has 0 saturated carbocycles. The van der Waals surface area contributed by atoms with Crippen LogP contribution in [0.2, 0.25) is 0 Å². The van der Waals surface area contributed by atoms with Gasteiger partial charge in [-0.15, -0.1) is 11.3 Å². The average molecular weight is 403 g/mol. The summed E-state index contributed by atoms with van der Waals surface area (Å²) in [5, 5.41) is 15.8. The molecular weight excluding hydrogens is 387 g/mol. The summed E-state index contributed by atoms with van der Waals surface area (Å²) in [6, 6.07) is 3.71. The van der Waals surface area contributed by atoms with Gasteiger partial charge in [-0.1, -0.05) is 0 Å². The lowest BCUT2D eigenvalue weighted by Crippen LogP contribution is -2.19. The van der Waals surface area contributed by atoms with Crippen molar-refractivity contribution in [1.29, 1.82) is 0 Å². The summed E-state index contributed by atoms with van der Waals surface area (Å²) < 4.78 is 45.7. The number of ether oxygens (including phenoxy) is 2. The van der Waals surface area contributed by atoms with Gasteiger partial charge in [0.2, 0.25) is 5.13 Å². The Morgan fingerprint density at radius 3 is 2.89 bits per heavy atom. The van der Waals surface area contributed by atoms with Crippen LogP contribution in [0, 0.1) is 0 Å². The molecule has 0 amide bonds. The number of alkyl halides is 3. The third kappa shape index (κ3) is 7.13. The molecule has 0 aliphatic heterocycles. The second-order valence-electron chi connectivity index (χ2n) is 5.12. The maximum atomic E-state index is 12.1. The fraction of sp³-hybridized carbons (Fsp3) is 0.312. The summed E-state index contributed by atoms with van der Waals surface area (Å²) in [7, 11) is 0. The first-order valence-corrected chi connectivity index (χ1v) is 8.56. The number of hydrazone groups is 1. The first kappa shape index (κ1) is 20.5. The molecule has 2 rings (SSSR count). The smallest absolute Gasteiger partial charge is 0.422 e. The molecule has 7 nitrogen and oxygen atoms in total. The molecule has 1 aromatic heterocycles. The van der Waals surface area contributed by atoms with Gasteiger partial charge in [-0.05, 0) is 19.1 Å². The zero-order chi connectivity index (χ0) is 19.9. The molecule has 27 heavy (non-hydrogen) atoms. The van der Waals surface area contributed by atoms with Crippen molar-refractivity contribution in [2.24, 2.45) is 5.10 Å². The SMILES string of the molecule is CCOC(=O)Cc1csc(NN=Cc2ccc(OCC(F)(F)F)cc2O)n1. The van der Waals surface area contributed by atoms with Crippen molar-refractivity contribution in [2.45, 2.75) is 19.5 Å². The number of carbonyl (C=O) groups is 1. The lowest BCUT2D eigenvalue weighted by atomic mass is 10.2. The topological polar surface area (TPSA) is 93.0 Å². The van der Waals surface area contributed by atoms with E-state index in [0.29, 0.717) is 17.4 Å². The Labute approximate surface area is 156 Å². The molecule has 0 unspecified atom stereocenters. The number of halogens is 3. The minimum atomic E-state index is -4.46. The molecule has 0 saturated heterocycles. The number of aromatic hydroxyl groups is 1. The molecule has 0 atom stereocenters. The summed E-state index contributed by atoms with van der Waals surface area (Å²) in [6.45, 7) is 0.562. The highest BCUT2D eigenvalue weighted by Gasteiger charge is 2.28. The van der Waals surface area contributed by atoms with Crippen molar-refractivity contribution < 1.29 is 32.5 Å². The molecule has 1 aromatic carbocycles. The van der Waals surface area contributed by atoms with Gasteiger partial charge >= 0.3 is 12.1 Å². The van der Waals surface area contributed by atoms with Crippen molar-refractivity contribution in [2.75, 3.05) is 18.6 Å². The van der Waals surface area contributed by atoms with Crippen molar-refractivity contribution in [1.82, 2.24) is 4.98 Å². The molecular formula is C16H16F3N3O4S. The fourth-order valence-corrected chi connectivity index (χ4v) is 2.50. The van der Waals surface area contributed by atoms with Crippen LogP contribution in [0.1, 0.15) is 18.2 Å². The van der Waals surface area contributed by atoms with E-state index in [4.69, 9.17) is 4.74 Å². The van der Waals surface area contributed by atoms with Crippen LogP contribution in [-0.2, 0) is 16.0 Å². The van der Waals surface area contributed by atoms with Gasteiger partial charge in [0.05, 0.1) is 24.9 Å². The molecule has 11 heteroatoms. The molecule has 0 fully saturated rings.